The van der Waals surface area contributed by atoms with Crippen LogP contribution in [0.1, 0.15) is 40.5 Å². The van der Waals surface area contributed by atoms with Crippen LogP contribution in [0.5, 0.6) is 0 Å². The molecule has 0 spiro atoms. The Bertz CT molecular complexity index is 646. The number of halogens is 1. The summed E-state index contributed by atoms with van der Waals surface area (Å²) in [7, 11) is 0. The molecule has 4 N–H and O–H groups in total. The average molecular weight is 288 g/mol. The van der Waals surface area contributed by atoms with Crippen molar-refractivity contribution in [2.24, 2.45) is 0 Å². The molecule has 6 heteroatoms. The average Bonchev–Trinajstić information content (AvgIpc) is 3.24. The summed E-state index contributed by atoms with van der Waals surface area (Å²) in [6.45, 7) is 0.454. The van der Waals surface area contributed by atoms with Crippen LogP contribution >= 0.6 is 0 Å². The van der Waals surface area contributed by atoms with E-state index in [0.29, 0.717) is 24.6 Å². The number of H-pyrrole nitrogens is 1. The number of hydrogen-bond donors (Lipinski definition) is 3. The van der Waals surface area contributed by atoms with Crippen molar-refractivity contribution in [2.75, 3.05) is 12.3 Å². The van der Waals surface area contributed by atoms with Gasteiger partial charge in [0, 0.05) is 12.5 Å². The second-order valence-corrected chi connectivity index (χ2v) is 5.31. The summed E-state index contributed by atoms with van der Waals surface area (Å²) in [6.07, 6.45) is 2.82. The highest BCUT2D eigenvalue weighted by atomic mass is 19.1. The maximum absolute atomic E-state index is 12.8. The molecule has 21 heavy (non-hydrogen) atoms. The molecule has 0 radical (unpaired) electrons. The van der Waals surface area contributed by atoms with Gasteiger partial charge >= 0.3 is 0 Å². The molecule has 1 aromatic heterocycles. The highest BCUT2D eigenvalue weighted by molar-refractivity contribution is 5.97. The number of anilines is 1. The molecule has 2 aromatic rings. The third kappa shape index (κ3) is 3.04. The van der Waals surface area contributed by atoms with Crippen LogP contribution < -0.4 is 11.1 Å². The lowest BCUT2D eigenvalue weighted by atomic mass is 10.1. The number of rotatable bonds is 5. The Kier molecular flexibility index (Phi) is 3.60. The van der Waals surface area contributed by atoms with E-state index in [1.165, 1.54) is 12.1 Å². The standard InChI is InChI=1S/C15H17FN4O/c16-11-5-1-9(2-6-11)7-8-18-15(21)14-12(17)13(19-20-14)10-3-4-10/h1-2,5-6,10H,3-4,7-8,17H2,(H,18,21)(H,19,20). The molecule has 0 unspecified atom stereocenters. The molecule has 0 saturated heterocycles. The number of amides is 1. The molecule has 0 bridgehead atoms. The van der Waals surface area contributed by atoms with Gasteiger partial charge in [-0.25, -0.2) is 4.39 Å². The first-order chi connectivity index (χ1) is 10.1. The summed E-state index contributed by atoms with van der Waals surface area (Å²) in [5.41, 5.74) is 8.50. The molecule has 5 nitrogen and oxygen atoms in total. The van der Waals surface area contributed by atoms with Gasteiger partial charge in [-0.15, -0.1) is 0 Å². The number of carbonyl (C=O) groups excluding carboxylic acids is 1. The molecule has 3 rings (SSSR count). The van der Waals surface area contributed by atoms with Gasteiger partial charge in [0.25, 0.3) is 5.91 Å². The molecule has 1 fully saturated rings. The van der Waals surface area contributed by atoms with Crippen molar-refractivity contribution in [3.05, 3.63) is 47.0 Å². The van der Waals surface area contributed by atoms with Crippen LogP contribution in [-0.4, -0.2) is 22.6 Å². The molecular weight excluding hydrogens is 271 g/mol. The van der Waals surface area contributed by atoms with E-state index in [4.69, 9.17) is 5.73 Å². The summed E-state index contributed by atoms with van der Waals surface area (Å²) in [4.78, 5) is 12.0. The van der Waals surface area contributed by atoms with Crippen LogP contribution in [-0.2, 0) is 6.42 Å². The minimum absolute atomic E-state index is 0.260. The van der Waals surface area contributed by atoms with Gasteiger partial charge in [-0.3, -0.25) is 9.89 Å². The van der Waals surface area contributed by atoms with E-state index in [0.717, 1.165) is 24.1 Å². The van der Waals surface area contributed by atoms with Crippen LogP contribution in [0.15, 0.2) is 24.3 Å². The Morgan fingerprint density at radius 2 is 2.10 bits per heavy atom. The van der Waals surface area contributed by atoms with E-state index in [1.54, 1.807) is 12.1 Å². The number of nitrogens with one attached hydrogen (secondary N) is 2. The summed E-state index contributed by atoms with van der Waals surface area (Å²) in [5.74, 6) is -0.115. The van der Waals surface area contributed by atoms with E-state index < -0.39 is 0 Å². The van der Waals surface area contributed by atoms with Crippen LogP contribution in [0.4, 0.5) is 10.1 Å². The Hall–Kier alpha value is -2.37. The van der Waals surface area contributed by atoms with Crippen molar-refractivity contribution < 1.29 is 9.18 Å². The largest absolute Gasteiger partial charge is 0.395 e. The smallest absolute Gasteiger partial charge is 0.273 e. The monoisotopic (exact) mass is 288 g/mol. The number of hydrogen-bond acceptors (Lipinski definition) is 3. The fourth-order valence-electron chi connectivity index (χ4n) is 2.28. The molecule has 1 amide bonds. The van der Waals surface area contributed by atoms with Crippen LogP contribution in [0.25, 0.3) is 0 Å². The van der Waals surface area contributed by atoms with Gasteiger partial charge in [0.15, 0.2) is 5.69 Å². The van der Waals surface area contributed by atoms with Crippen molar-refractivity contribution in [1.82, 2.24) is 15.5 Å². The summed E-state index contributed by atoms with van der Waals surface area (Å²) in [6, 6.07) is 6.22. The molecule has 1 aromatic carbocycles. The van der Waals surface area contributed by atoms with Crippen molar-refractivity contribution in [2.45, 2.75) is 25.2 Å². The number of nitrogens with zero attached hydrogens (tertiary/aromatic N) is 1. The van der Waals surface area contributed by atoms with Gasteiger partial charge in [-0.05, 0) is 37.0 Å². The van der Waals surface area contributed by atoms with Crippen LogP contribution in [0.3, 0.4) is 0 Å². The van der Waals surface area contributed by atoms with E-state index >= 15 is 0 Å². The summed E-state index contributed by atoms with van der Waals surface area (Å²) >= 11 is 0. The molecule has 1 aliphatic rings. The zero-order valence-electron chi connectivity index (χ0n) is 11.5. The topological polar surface area (TPSA) is 83.8 Å². The SMILES string of the molecule is Nc1c(C(=O)NCCc2ccc(F)cc2)n[nH]c1C1CC1. The quantitative estimate of drug-likeness (QED) is 0.786. The third-order valence-electron chi connectivity index (χ3n) is 3.65. The number of nitrogens with two attached hydrogens (primary N) is 1. The summed E-state index contributed by atoms with van der Waals surface area (Å²) in [5, 5.41) is 9.64. The third-order valence-corrected chi connectivity index (χ3v) is 3.65. The van der Waals surface area contributed by atoms with E-state index in [-0.39, 0.29) is 17.4 Å². The first kappa shape index (κ1) is 13.6. The Labute approximate surface area is 121 Å². The van der Waals surface area contributed by atoms with Crippen molar-refractivity contribution in [1.29, 1.82) is 0 Å². The predicted octanol–water partition coefficient (Wildman–Crippen LogP) is 1.98. The zero-order valence-corrected chi connectivity index (χ0v) is 11.5. The summed E-state index contributed by atoms with van der Waals surface area (Å²) < 4.78 is 12.8. The number of benzene rings is 1. The van der Waals surface area contributed by atoms with Gasteiger partial charge in [-0.1, -0.05) is 12.1 Å². The molecule has 1 heterocycles. The Morgan fingerprint density at radius 3 is 2.76 bits per heavy atom. The first-order valence-electron chi connectivity index (χ1n) is 7.01. The van der Waals surface area contributed by atoms with Gasteiger partial charge < -0.3 is 11.1 Å². The highest BCUT2D eigenvalue weighted by Gasteiger charge is 2.30. The fraction of sp³-hybridized carbons (Fsp3) is 0.333. The molecule has 0 aliphatic heterocycles. The first-order valence-corrected chi connectivity index (χ1v) is 7.01. The van der Waals surface area contributed by atoms with Crippen molar-refractivity contribution >= 4 is 11.6 Å². The Balaban J connectivity index is 1.55. The maximum Gasteiger partial charge on any atom is 0.273 e. The van der Waals surface area contributed by atoms with Crippen LogP contribution in [0, 0.1) is 5.82 Å². The van der Waals surface area contributed by atoms with E-state index in [9.17, 15) is 9.18 Å². The fourth-order valence-corrected chi connectivity index (χ4v) is 2.28. The number of carbonyl (C=O) groups is 1. The molecule has 110 valence electrons. The second kappa shape index (κ2) is 5.55. The number of aromatic amines is 1. The lowest BCUT2D eigenvalue weighted by molar-refractivity contribution is 0.0950. The number of nitrogen functional groups attached to an aromatic ring is 1. The zero-order chi connectivity index (χ0) is 14.8. The lowest BCUT2D eigenvalue weighted by Crippen LogP contribution is -2.26. The van der Waals surface area contributed by atoms with Gasteiger partial charge in [0.2, 0.25) is 0 Å². The van der Waals surface area contributed by atoms with Crippen molar-refractivity contribution in [3.8, 4) is 0 Å². The molecule has 0 atom stereocenters. The maximum atomic E-state index is 12.8. The predicted molar refractivity (Wildman–Crippen MR) is 77.4 cm³/mol. The van der Waals surface area contributed by atoms with Crippen molar-refractivity contribution in [3.63, 3.8) is 0 Å². The molecular formula is C15H17FN4O. The molecule has 1 saturated carbocycles. The molecule has 1 aliphatic carbocycles. The minimum Gasteiger partial charge on any atom is -0.395 e. The highest BCUT2D eigenvalue weighted by Crippen LogP contribution is 2.42. The van der Waals surface area contributed by atoms with Gasteiger partial charge in [0.05, 0.1) is 11.4 Å². The van der Waals surface area contributed by atoms with Gasteiger partial charge in [0.1, 0.15) is 5.82 Å². The van der Waals surface area contributed by atoms with E-state index in [2.05, 4.69) is 15.5 Å². The lowest BCUT2D eigenvalue weighted by Gasteiger charge is -2.04. The Morgan fingerprint density at radius 1 is 1.38 bits per heavy atom. The van der Waals surface area contributed by atoms with E-state index in [1.807, 2.05) is 0 Å². The minimum atomic E-state index is -0.280. The van der Waals surface area contributed by atoms with Gasteiger partial charge in [-0.2, -0.15) is 5.10 Å². The van der Waals surface area contributed by atoms with Crippen LogP contribution in [0.2, 0.25) is 0 Å². The normalized spacial score (nSPS) is 14.1. The number of aromatic nitrogens is 2. The second-order valence-electron chi connectivity index (χ2n) is 5.31.